The number of carbonyl (C=O) groups excluding carboxylic acids is 1. The van der Waals surface area contributed by atoms with Crippen molar-refractivity contribution in [2.24, 2.45) is 0 Å². The summed E-state index contributed by atoms with van der Waals surface area (Å²) in [4.78, 5) is 14.6. The molecule has 122 valence electrons. The summed E-state index contributed by atoms with van der Waals surface area (Å²) in [7, 11) is 0. The number of nitrogens with one attached hydrogen (secondary N) is 1. The lowest BCUT2D eigenvalue weighted by atomic mass is 9.98. The second-order valence-corrected chi connectivity index (χ2v) is 6.42. The van der Waals surface area contributed by atoms with Gasteiger partial charge in [0.25, 0.3) is 5.91 Å². The van der Waals surface area contributed by atoms with Gasteiger partial charge < -0.3 is 9.64 Å². The van der Waals surface area contributed by atoms with Crippen molar-refractivity contribution in [1.82, 2.24) is 15.1 Å². The van der Waals surface area contributed by atoms with E-state index in [1.807, 2.05) is 18.7 Å². The van der Waals surface area contributed by atoms with E-state index < -0.39 is 0 Å². The summed E-state index contributed by atoms with van der Waals surface area (Å²) in [5.74, 6) is -0.0412. The van der Waals surface area contributed by atoms with Crippen molar-refractivity contribution in [1.29, 1.82) is 0 Å². The largest absolute Gasteiger partial charge is 0.370 e. The molecule has 3 rings (SSSR count). The number of H-pyrrole nitrogens is 1. The molecule has 0 saturated carbocycles. The zero-order chi connectivity index (χ0) is 16.6. The number of benzene rings is 1. The van der Waals surface area contributed by atoms with Crippen LogP contribution in [-0.4, -0.2) is 40.2 Å². The van der Waals surface area contributed by atoms with Crippen molar-refractivity contribution < 1.29 is 9.53 Å². The topological polar surface area (TPSA) is 58.2 Å². The number of aryl methyl sites for hydroxylation is 3. The lowest BCUT2D eigenvalue weighted by Crippen LogP contribution is -2.48. The lowest BCUT2D eigenvalue weighted by molar-refractivity contribution is -0.0491. The highest BCUT2D eigenvalue weighted by Gasteiger charge is 2.32. The Bertz CT molecular complexity index is 723. The molecule has 0 aliphatic carbocycles. The number of nitrogens with zero attached hydrogens (tertiary/aromatic N) is 2. The van der Waals surface area contributed by atoms with Crippen molar-refractivity contribution in [2.75, 3.05) is 13.2 Å². The summed E-state index contributed by atoms with van der Waals surface area (Å²) in [6.07, 6.45) is -0.0879. The molecule has 23 heavy (non-hydrogen) atoms. The number of ether oxygens (including phenoxy) is 1. The van der Waals surface area contributed by atoms with Gasteiger partial charge in [-0.3, -0.25) is 9.89 Å². The SMILES string of the molecule is Cc1ccc(C)c(C2CN(C(=O)c3cc(C)[nH]n3)C(C)CO2)c1. The van der Waals surface area contributed by atoms with Gasteiger partial charge in [-0.15, -0.1) is 0 Å². The molecule has 2 atom stereocenters. The molecular formula is C18H23N3O2. The number of hydrogen-bond donors (Lipinski definition) is 1. The third-order valence-electron chi connectivity index (χ3n) is 4.40. The first-order valence-electron chi connectivity index (χ1n) is 7.97. The fraction of sp³-hybridized carbons (Fsp3) is 0.444. The van der Waals surface area contributed by atoms with E-state index in [0.29, 0.717) is 18.8 Å². The molecule has 1 saturated heterocycles. The standard InChI is InChI=1S/C18H23N3O2/c1-11-5-6-12(2)15(7-11)17-9-21(14(4)10-23-17)18(22)16-8-13(3)19-20-16/h5-8,14,17H,9-10H2,1-4H3,(H,19,20). The minimum atomic E-state index is -0.0879. The molecule has 1 fully saturated rings. The predicted octanol–water partition coefficient (Wildman–Crippen LogP) is 2.94. The summed E-state index contributed by atoms with van der Waals surface area (Å²) < 4.78 is 6.01. The Morgan fingerprint density at radius 3 is 2.78 bits per heavy atom. The van der Waals surface area contributed by atoms with Crippen LogP contribution in [0.2, 0.25) is 0 Å². The number of amides is 1. The van der Waals surface area contributed by atoms with Gasteiger partial charge in [-0.1, -0.05) is 23.8 Å². The second kappa shape index (κ2) is 6.16. The summed E-state index contributed by atoms with van der Waals surface area (Å²) in [6.45, 7) is 9.15. The number of rotatable bonds is 2. The first-order valence-corrected chi connectivity index (χ1v) is 7.97. The smallest absolute Gasteiger partial charge is 0.274 e. The molecule has 1 aromatic heterocycles. The minimum absolute atomic E-state index is 0.0412. The molecule has 1 N–H and O–H groups in total. The number of hydrogen-bond acceptors (Lipinski definition) is 3. The van der Waals surface area contributed by atoms with Crippen LogP contribution in [0.15, 0.2) is 24.3 Å². The van der Waals surface area contributed by atoms with Gasteiger partial charge in [0.15, 0.2) is 0 Å². The Morgan fingerprint density at radius 1 is 1.30 bits per heavy atom. The molecule has 0 radical (unpaired) electrons. The molecule has 1 amide bonds. The molecule has 1 aromatic carbocycles. The van der Waals surface area contributed by atoms with Gasteiger partial charge in [0.2, 0.25) is 0 Å². The maximum atomic E-state index is 12.7. The van der Waals surface area contributed by atoms with Crippen LogP contribution in [0.1, 0.15) is 45.9 Å². The quantitative estimate of drug-likeness (QED) is 0.927. The average Bonchev–Trinajstić information content (AvgIpc) is 2.96. The molecule has 2 heterocycles. The van der Waals surface area contributed by atoms with Gasteiger partial charge >= 0.3 is 0 Å². The molecule has 0 spiro atoms. The molecule has 5 heteroatoms. The maximum Gasteiger partial charge on any atom is 0.274 e. The van der Waals surface area contributed by atoms with Crippen LogP contribution in [-0.2, 0) is 4.74 Å². The van der Waals surface area contributed by atoms with Crippen LogP contribution >= 0.6 is 0 Å². The zero-order valence-corrected chi connectivity index (χ0v) is 14.1. The van der Waals surface area contributed by atoms with E-state index in [4.69, 9.17) is 4.74 Å². The normalized spacial score (nSPS) is 21.5. The molecule has 1 aliphatic rings. The molecule has 2 unspecified atom stereocenters. The Kier molecular flexibility index (Phi) is 4.22. The average molecular weight is 313 g/mol. The molecule has 1 aliphatic heterocycles. The van der Waals surface area contributed by atoms with Gasteiger partial charge in [-0.2, -0.15) is 5.10 Å². The Balaban J connectivity index is 1.84. The Hall–Kier alpha value is -2.14. The highest BCUT2D eigenvalue weighted by Crippen LogP contribution is 2.28. The highest BCUT2D eigenvalue weighted by atomic mass is 16.5. The highest BCUT2D eigenvalue weighted by molar-refractivity contribution is 5.92. The van der Waals surface area contributed by atoms with Crippen LogP contribution in [0.3, 0.4) is 0 Å². The minimum Gasteiger partial charge on any atom is -0.370 e. The first kappa shape index (κ1) is 15.7. The van der Waals surface area contributed by atoms with E-state index in [1.165, 1.54) is 11.1 Å². The predicted molar refractivity (Wildman–Crippen MR) is 88.4 cm³/mol. The van der Waals surface area contributed by atoms with E-state index in [1.54, 1.807) is 6.07 Å². The van der Waals surface area contributed by atoms with Crippen LogP contribution in [0, 0.1) is 20.8 Å². The third kappa shape index (κ3) is 3.15. The van der Waals surface area contributed by atoms with Gasteiger partial charge in [-0.25, -0.2) is 0 Å². The second-order valence-electron chi connectivity index (χ2n) is 6.42. The Labute approximate surface area is 136 Å². The third-order valence-corrected chi connectivity index (χ3v) is 4.40. The number of morpholine rings is 1. The van der Waals surface area contributed by atoms with Crippen molar-refractivity contribution in [3.8, 4) is 0 Å². The first-order chi connectivity index (χ1) is 11.0. The van der Waals surface area contributed by atoms with E-state index in [-0.39, 0.29) is 18.1 Å². The summed E-state index contributed by atoms with van der Waals surface area (Å²) in [5, 5.41) is 6.93. The summed E-state index contributed by atoms with van der Waals surface area (Å²) >= 11 is 0. The van der Waals surface area contributed by atoms with Crippen molar-refractivity contribution in [3.05, 3.63) is 52.3 Å². The van der Waals surface area contributed by atoms with Crippen LogP contribution in [0.25, 0.3) is 0 Å². The lowest BCUT2D eigenvalue weighted by Gasteiger charge is -2.38. The maximum absolute atomic E-state index is 12.7. The number of carbonyl (C=O) groups is 1. The van der Waals surface area contributed by atoms with Gasteiger partial charge in [0.05, 0.1) is 19.2 Å². The van der Waals surface area contributed by atoms with Crippen molar-refractivity contribution in [2.45, 2.75) is 39.8 Å². The fourth-order valence-corrected chi connectivity index (χ4v) is 3.01. The van der Waals surface area contributed by atoms with E-state index in [0.717, 1.165) is 11.3 Å². The van der Waals surface area contributed by atoms with E-state index >= 15 is 0 Å². The molecular weight excluding hydrogens is 290 g/mol. The van der Waals surface area contributed by atoms with E-state index in [2.05, 4.69) is 42.2 Å². The Morgan fingerprint density at radius 2 is 2.09 bits per heavy atom. The van der Waals surface area contributed by atoms with Crippen LogP contribution < -0.4 is 0 Å². The van der Waals surface area contributed by atoms with E-state index in [9.17, 15) is 4.79 Å². The van der Waals surface area contributed by atoms with Crippen LogP contribution in [0.4, 0.5) is 0 Å². The number of aromatic nitrogens is 2. The van der Waals surface area contributed by atoms with Gasteiger partial charge in [0.1, 0.15) is 11.8 Å². The van der Waals surface area contributed by atoms with Crippen molar-refractivity contribution in [3.63, 3.8) is 0 Å². The monoisotopic (exact) mass is 313 g/mol. The van der Waals surface area contributed by atoms with Gasteiger partial charge in [-0.05, 0) is 44.9 Å². The molecule has 5 nitrogen and oxygen atoms in total. The van der Waals surface area contributed by atoms with Crippen molar-refractivity contribution >= 4 is 5.91 Å². The molecule has 0 bridgehead atoms. The van der Waals surface area contributed by atoms with Gasteiger partial charge in [0, 0.05) is 5.69 Å². The summed E-state index contributed by atoms with van der Waals surface area (Å²) in [5.41, 5.74) is 4.91. The zero-order valence-electron chi connectivity index (χ0n) is 14.1. The number of aromatic amines is 1. The fourth-order valence-electron chi connectivity index (χ4n) is 3.01. The molecule has 2 aromatic rings. The summed E-state index contributed by atoms with van der Waals surface area (Å²) in [6, 6.07) is 8.19. The van der Waals surface area contributed by atoms with Crippen LogP contribution in [0.5, 0.6) is 0 Å².